The van der Waals surface area contributed by atoms with Crippen LogP contribution in [0, 0.1) is 23.6 Å². The molecule has 10 nitrogen and oxygen atoms in total. The predicted molar refractivity (Wildman–Crippen MR) is 243 cm³/mol. The van der Waals surface area contributed by atoms with Crippen LogP contribution in [0.25, 0.3) is 10.8 Å². The molecular formula is C52H61FN2O8. The van der Waals surface area contributed by atoms with Gasteiger partial charge in [-0.25, -0.2) is 9.18 Å². The van der Waals surface area contributed by atoms with Gasteiger partial charge in [0.15, 0.2) is 0 Å². The number of oxime groups is 1. The Balaban J connectivity index is 1.44. The highest BCUT2D eigenvalue weighted by molar-refractivity contribution is 6.03. The molecule has 334 valence electrons. The van der Waals surface area contributed by atoms with Gasteiger partial charge in [-0.2, -0.15) is 0 Å². The summed E-state index contributed by atoms with van der Waals surface area (Å²) in [6, 6.07) is 25.7. The second-order valence-corrected chi connectivity index (χ2v) is 16.5. The van der Waals surface area contributed by atoms with Crippen molar-refractivity contribution in [3.05, 3.63) is 144 Å². The maximum Gasteiger partial charge on any atom is 0.410 e. The van der Waals surface area contributed by atoms with Crippen LogP contribution in [0.1, 0.15) is 80.9 Å². The fourth-order valence-electron chi connectivity index (χ4n) is 9.89. The van der Waals surface area contributed by atoms with Crippen LogP contribution in [0.5, 0.6) is 11.5 Å². The van der Waals surface area contributed by atoms with Crippen LogP contribution in [0.2, 0.25) is 0 Å². The minimum atomic E-state index is -1.48. The van der Waals surface area contributed by atoms with Crippen LogP contribution < -0.4 is 9.47 Å². The van der Waals surface area contributed by atoms with E-state index in [9.17, 15) is 19.4 Å². The topological polar surface area (TPSA) is 119 Å². The van der Waals surface area contributed by atoms with Gasteiger partial charge in [-0.15, -0.1) is 13.2 Å². The molecule has 3 aliphatic rings. The molecule has 1 aliphatic heterocycles. The summed E-state index contributed by atoms with van der Waals surface area (Å²) < 4.78 is 41.7. The third-order valence-electron chi connectivity index (χ3n) is 12.7. The minimum Gasteiger partial charge on any atom is -0.489 e. The molecule has 0 radical (unpaired) electrons. The molecule has 0 unspecified atom stereocenters. The zero-order chi connectivity index (χ0) is 44.2. The van der Waals surface area contributed by atoms with Crippen LogP contribution in [-0.4, -0.2) is 71.8 Å². The molecule has 1 amide bonds. The lowest BCUT2D eigenvalue weighted by Gasteiger charge is -2.59. The van der Waals surface area contributed by atoms with Crippen molar-refractivity contribution in [1.29, 1.82) is 0 Å². The van der Waals surface area contributed by atoms with Crippen molar-refractivity contribution in [2.45, 2.75) is 89.2 Å². The molecule has 1 heterocycles. The highest BCUT2D eigenvalue weighted by atomic mass is 19.1. The van der Waals surface area contributed by atoms with Crippen molar-refractivity contribution in [3.63, 3.8) is 0 Å². The molecule has 2 aliphatic carbocycles. The lowest BCUT2D eigenvalue weighted by Crippen LogP contribution is -2.70. The third-order valence-corrected chi connectivity index (χ3v) is 12.7. The van der Waals surface area contributed by atoms with Crippen molar-refractivity contribution in [3.8, 4) is 11.5 Å². The first-order chi connectivity index (χ1) is 30.9. The average molecular weight is 861 g/mol. The van der Waals surface area contributed by atoms with Crippen LogP contribution in [0.15, 0.2) is 127 Å². The van der Waals surface area contributed by atoms with E-state index in [2.05, 4.69) is 37.4 Å². The standard InChI is InChI=1S/C52H61FN2O8/c1-4-7-30-59-51(58)55(34-38-21-16-20-36-17-8-10-22-41(36)38)48-33-46(54-62-6-3)43-31-37(18-12-14-27-56)42(23-13-15-28-57)49-44-32-40(60-35-39-19-9-11-24-45(39)53)25-26-47(44)63-52(48,50(43)49)61-29-5-2/h4-5,8-11,16-17,19-22,24-26,31-32,37,42,48-50,56-57H,1-2,6-7,12-15,18,23,27-30,33-35H2,3H3/t37-,42+,48-,49+,50+,52+/m0/s1. The van der Waals surface area contributed by atoms with Crippen LogP contribution in [0.3, 0.4) is 0 Å². The normalized spacial score (nSPS) is 22.9. The van der Waals surface area contributed by atoms with Crippen LogP contribution >= 0.6 is 0 Å². The van der Waals surface area contributed by atoms with E-state index in [0.717, 1.165) is 53.2 Å². The average Bonchev–Trinajstić information content (AvgIpc) is 3.30. The van der Waals surface area contributed by atoms with Crippen molar-refractivity contribution < 1.29 is 43.2 Å². The van der Waals surface area contributed by atoms with E-state index >= 15 is 0 Å². The number of carbonyl (C=O) groups excluding carboxylic acids is 1. The number of allylic oxidation sites excluding steroid dienone is 1. The van der Waals surface area contributed by atoms with Gasteiger partial charge in [0, 0.05) is 36.7 Å². The Labute approximate surface area is 370 Å². The van der Waals surface area contributed by atoms with E-state index in [1.165, 1.54) is 6.07 Å². The number of amides is 1. The number of hydrogen-bond acceptors (Lipinski definition) is 9. The quantitative estimate of drug-likeness (QED) is 0.0456. The molecule has 0 aromatic heterocycles. The summed E-state index contributed by atoms with van der Waals surface area (Å²) in [4.78, 5) is 22.5. The Hall–Kier alpha value is -5.49. The predicted octanol–water partition coefficient (Wildman–Crippen LogP) is 10.4. The van der Waals surface area contributed by atoms with Crippen molar-refractivity contribution in [1.82, 2.24) is 4.90 Å². The molecule has 2 N–H and O–H groups in total. The fraction of sp³-hybridized carbons (Fsp3) is 0.423. The molecule has 4 aromatic rings. The zero-order valence-electron chi connectivity index (χ0n) is 36.3. The van der Waals surface area contributed by atoms with Gasteiger partial charge >= 0.3 is 6.09 Å². The summed E-state index contributed by atoms with van der Waals surface area (Å²) in [6.07, 6.45) is 10.4. The van der Waals surface area contributed by atoms with Crippen LogP contribution in [0.4, 0.5) is 9.18 Å². The summed E-state index contributed by atoms with van der Waals surface area (Å²) in [5.74, 6) is -1.40. The number of aliphatic hydroxyl groups is 2. The number of rotatable bonds is 22. The number of aliphatic hydroxyl groups excluding tert-OH is 2. The molecule has 1 fully saturated rings. The number of benzene rings is 4. The summed E-state index contributed by atoms with van der Waals surface area (Å²) in [6.45, 7) is 10.8. The highest BCUT2D eigenvalue weighted by Crippen LogP contribution is 2.62. The smallest absolute Gasteiger partial charge is 0.410 e. The lowest BCUT2D eigenvalue weighted by atomic mass is 9.55. The molecule has 11 heteroatoms. The Kier molecular flexibility index (Phi) is 15.7. The number of unbranched alkanes of at least 4 members (excludes halogenated alkanes) is 2. The van der Waals surface area contributed by atoms with Crippen molar-refractivity contribution in [2.24, 2.45) is 22.9 Å². The van der Waals surface area contributed by atoms with Gasteiger partial charge in [0.25, 0.3) is 0 Å². The molecule has 63 heavy (non-hydrogen) atoms. The van der Waals surface area contributed by atoms with Gasteiger partial charge in [-0.1, -0.05) is 96.9 Å². The Morgan fingerprint density at radius 3 is 2.49 bits per heavy atom. The van der Waals surface area contributed by atoms with Gasteiger partial charge in [-0.05, 0) is 97.0 Å². The van der Waals surface area contributed by atoms with Crippen LogP contribution in [-0.2, 0) is 27.5 Å². The molecule has 7 rings (SSSR count). The second-order valence-electron chi connectivity index (χ2n) is 16.5. The van der Waals surface area contributed by atoms with Gasteiger partial charge in [0.2, 0.25) is 5.79 Å². The highest BCUT2D eigenvalue weighted by Gasteiger charge is 2.65. The van der Waals surface area contributed by atoms with Crippen molar-refractivity contribution in [2.75, 3.05) is 33.0 Å². The molecule has 4 aromatic carbocycles. The molecular weight excluding hydrogens is 800 g/mol. The fourth-order valence-corrected chi connectivity index (χ4v) is 9.89. The summed E-state index contributed by atoms with van der Waals surface area (Å²) in [5, 5.41) is 26.8. The van der Waals surface area contributed by atoms with E-state index in [-0.39, 0.29) is 69.6 Å². The maximum absolute atomic E-state index is 14.8. The van der Waals surface area contributed by atoms with Gasteiger partial charge < -0.3 is 34.0 Å². The first-order valence-electron chi connectivity index (χ1n) is 22.4. The monoisotopic (exact) mass is 860 g/mol. The van der Waals surface area contributed by atoms with Gasteiger partial charge in [0.05, 0.1) is 31.4 Å². The second kappa shape index (κ2) is 21.7. The number of carbonyl (C=O) groups is 1. The van der Waals surface area contributed by atoms with E-state index in [4.69, 9.17) is 28.9 Å². The van der Waals surface area contributed by atoms with Gasteiger partial charge in [-0.3, -0.25) is 4.90 Å². The molecule has 0 spiro atoms. The number of ether oxygens (including phenoxy) is 4. The molecule has 0 saturated heterocycles. The minimum absolute atomic E-state index is 0.0123. The Morgan fingerprint density at radius 1 is 0.952 bits per heavy atom. The maximum atomic E-state index is 14.8. The van der Waals surface area contributed by atoms with Gasteiger partial charge in [0.1, 0.15) is 36.6 Å². The van der Waals surface area contributed by atoms with E-state index in [0.29, 0.717) is 48.6 Å². The SMILES string of the molecule is C=CCCOC(=O)N(Cc1cccc2ccccc12)[C@H]1CC(=NOCC)C2=C[C@H](CCCCO)[C@@H](CCCCO)[C@@H]3c4cc(OCc5ccccc5F)ccc4O[C@@]1(OCC=C)[C@H]23. The first kappa shape index (κ1) is 45.5. The summed E-state index contributed by atoms with van der Waals surface area (Å²) >= 11 is 0. The summed E-state index contributed by atoms with van der Waals surface area (Å²) in [5.41, 5.74) is 3.89. The Morgan fingerprint density at radius 2 is 1.71 bits per heavy atom. The first-order valence-corrected chi connectivity index (χ1v) is 22.4. The number of halogens is 1. The molecule has 1 saturated carbocycles. The van der Waals surface area contributed by atoms with E-state index in [1.807, 2.05) is 49.4 Å². The van der Waals surface area contributed by atoms with E-state index < -0.39 is 23.8 Å². The lowest BCUT2D eigenvalue weighted by molar-refractivity contribution is -0.256. The molecule has 0 bridgehead atoms. The zero-order valence-corrected chi connectivity index (χ0v) is 36.3. The largest absolute Gasteiger partial charge is 0.489 e. The number of hydrogen-bond donors (Lipinski definition) is 2. The Bertz CT molecular complexity index is 2250. The van der Waals surface area contributed by atoms with Crippen molar-refractivity contribution >= 4 is 22.6 Å². The summed E-state index contributed by atoms with van der Waals surface area (Å²) in [7, 11) is 0. The molecule has 6 atom stereocenters. The van der Waals surface area contributed by atoms with E-state index in [1.54, 1.807) is 35.3 Å². The number of fused-ring (bicyclic) bond motifs is 3. The third kappa shape index (κ3) is 10.0. The number of nitrogens with zero attached hydrogens (tertiary/aromatic N) is 2.